The molecule has 2 heterocycles. The molecule has 0 aliphatic carbocycles. The Balaban J connectivity index is 2.13. The van der Waals surface area contributed by atoms with Crippen molar-refractivity contribution in [3.63, 3.8) is 0 Å². The highest BCUT2D eigenvalue weighted by Gasteiger charge is 2.44. The SMILES string of the molecule is CC(=O)OC[C@H]1O[C@@H](Nc2ncnc(N)c2[N+](=O)[O-])[C@H](O)[C@@H]1O. The average molecular weight is 329 g/mol. The molecule has 23 heavy (non-hydrogen) atoms. The van der Waals surface area contributed by atoms with E-state index in [0.717, 1.165) is 6.33 Å². The van der Waals surface area contributed by atoms with Crippen molar-refractivity contribution in [1.82, 2.24) is 9.97 Å². The minimum absolute atomic E-state index is 0.271. The van der Waals surface area contributed by atoms with Gasteiger partial charge in [0, 0.05) is 6.92 Å². The number of nitro groups is 1. The summed E-state index contributed by atoms with van der Waals surface area (Å²) in [6, 6.07) is 0. The number of esters is 1. The van der Waals surface area contributed by atoms with Crippen molar-refractivity contribution < 1.29 is 29.4 Å². The van der Waals surface area contributed by atoms with Gasteiger partial charge in [0.25, 0.3) is 0 Å². The number of nitrogens with one attached hydrogen (secondary N) is 1. The number of aliphatic hydroxyl groups excluding tert-OH is 2. The lowest BCUT2D eigenvalue weighted by Crippen LogP contribution is -2.37. The summed E-state index contributed by atoms with van der Waals surface area (Å²) in [5, 5.41) is 33.3. The Morgan fingerprint density at radius 2 is 2.22 bits per heavy atom. The Bertz CT molecular complexity index is 612. The minimum Gasteiger partial charge on any atom is -0.463 e. The minimum atomic E-state index is -1.42. The lowest BCUT2D eigenvalue weighted by Gasteiger charge is -2.16. The second kappa shape index (κ2) is 6.68. The van der Waals surface area contributed by atoms with E-state index < -0.39 is 41.1 Å². The summed E-state index contributed by atoms with van der Waals surface area (Å²) >= 11 is 0. The van der Waals surface area contributed by atoms with Gasteiger partial charge in [-0.15, -0.1) is 0 Å². The highest BCUT2D eigenvalue weighted by Crippen LogP contribution is 2.30. The monoisotopic (exact) mass is 329 g/mol. The van der Waals surface area contributed by atoms with E-state index in [9.17, 15) is 25.1 Å². The van der Waals surface area contributed by atoms with E-state index in [4.69, 9.17) is 15.2 Å². The van der Waals surface area contributed by atoms with Gasteiger partial charge in [-0.1, -0.05) is 0 Å². The Labute approximate surface area is 129 Å². The van der Waals surface area contributed by atoms with Crippen molar-refractivity contribution in [2.75, 3.05) is 17.7 Å². The van der Waals surface area contributed by atoms with Gasteiger partial charge in [0.05, 0.1) is 4.92 Å². The molecule has 1 aliphatic heterocycles. The van der Waals surface area contributed by atoms with E-state index in [-0.39, 0.29) is 18.2 Å². The van der Waals surface area contributed by atoms with E-state index >= 15 is 0 Å². The first-order chi connectivity index (χ1) is 10.8. The summed E-state index contributed by atoms with van der Waals surface area (Å²) in [4.78, 5) is 28.2. The van der Waals surface area contributed by atoms with Gasteiger partial charge >= 0.3 is 11.7 Å². The molecule has 0 aromatic carbocycles. The number of anilines is 2. The van der Waals surface area contributed by atoms with Gasteiger partial charge in [0.15, 0.2) is 6.23 Å². The summed E-state index contributed by atoms with van der Waals surface area (Å²) in [5.41, 5.74) is 4.84. The van der Waals surface area contributed by atoms with E-state index in [0.29, 0.717) is 0 Å². The maximum absolute atomic E-state index is 11.0. The van der Waals surface area contributed by atoms with Crippen molar-refractivity contribution in [1.29, 1.82) is 0 Å². The zero-order valence-electron chi connectivity index (χ0n) is 11.9. The molecular weight excluding hydrogens is 314 g/mol. The number of carbonyl (C=O) groups is 1. The van der Waals surface area contributed by atoms with Crippen LogP contribution >= 0.6 is 0 Å². The fourth-order valence-corrected chi connectivity index (χ4v) is 2.02. The van der Waals surface area contributed by atoms with Crippen LogP contribution in [0.4, 0.5) is 17.3 Å². The molecule has 126 valence electrons. The first-order valence-corrected chi connectivity index (χ1v) is 6.47. The molecule has 0 bridgehead atoms. The van der Waals surface area contributed by atoms with Crippen LogP contribution in [0.15, 0.2) is 6.33 Å². The second-order valence-electron chi connectivity index (χ2n) is 4.74. The van der Waals surface area contributed by atoms with Crippen molar-refractivity contribution >= 4 is 23.3 Å². The van der Waals surface area contributed by atoms with Gasteiger partial charge < -0.3 is 30.7 Å². The van der Waals surface area contributed by atoms with Crippen LogP contribution in [0.3, 0.4) is 0 Å². The molecule has 0 amide bonds. The highest BCUT2D eigenvalue weighted by molar-refractivity contribution is 5.67. The molecule has 0 saturated carbocycles. The van der Waals surface area contributed by atoms with Crippen LogP contribution in [0.2, 0.25) is 0 Å². The van der Waals surface area contributed by atoms with Crippen LogP contribution in [0, 0.1) is 10.1 Å². The molecule has 5 N–H and O–H groups in total. The van der Waals surface area contributed by atoms with E-state index in [1.54, 1.807) is 0 Å². The summed E-state index contributed by atoms with van der Waals surface area (Å²) in [6.45, 7) is 0.903. The quantitative estimate of drug-likeness (QED) is 0.277. The van der Waals surface area contributed by atoms with Crippen LogP contribution in [-0.2, 0) is 14.3 Å². The highest BCUT2D eigenvalue weighted by atomic mass is 16.6. The van der Waals surface area contributed by atoms with Crippen molar-refractivity contribution in [3.05, 3.63) is 16.4 Å². The van der Waals surface area contributed by atoms with Crippen LogP contribution < -0.4 is 11.1 Å². The zero-order valence-corrected chi connectivity index (χ0v) is 11.9. The fourth-order valence-electron chi connectivity index (χ4n) is 2.02. The standard InChI is InChI=1S/C11H15N5O7/c1-4(17)22-2-5-7(18)8(19)11(23-5)15-10-6(16(20)21)9(12)13-3-14-10/h3,5,7-8,11,18-19H,2H2,1H3,(H3,12,13,14,15)/t5-,7-,8-,11-/m1/s1. The smallest absolute Gasteiger partial charge is 0.353 e. The summed E-state index contributed by atoms with van der Waals surface area (Å²) in [6.07, 6.45) is -3.99. The Morgan fingerprint density at radius 3 is 2.83 bits per heavy atom. The van der Waals surface area contributed by atoms with Crippen LogP contribution in [0.25, 0.3) is 0 Å². The lowest BCUT2D eigenvalue weighted by atomic mass is 10.1. The third-order valence-corrected chi connectivity index (χ3v) is 3.13. The molecule has 1 aromatic heterocycles. The summed E-state index contributed by atoms with van der Waals surface area (Å²) in [5.74, 6) is -1.21. The Kier molecular flexibility index (Phi) is 4.88. The normalized spacial score (nSPS) is 26.7. The summed E-state index contributed by atoms with van der Waals surface area (Å²) < 4.78 is 10.0. The topological polar surface area (TPSA) is 183 Å². The third-order valence-electron chi connectivity index (χ3n) is 3.13. The van der Waals surface area contributed by atoms with Gasteiger partial charge in [-0.3, -0.25) is 14.9 Å². The van der Waals surface area contributed by atoms with Crippen LogP contribution in [0.5, 0.6) is 0 Å². The predicted molar refractivity (Wildman–Crippen MR) is 74.0 cm³/mol. The number of nitrogen functional groups attached to an aromatic ring is 1. The first-order valence-electron chi connectivity index (χ1n) is 6.47. The van der Waals surface area contributed by atoms with Gasteiger partial charge in [0.1, 0.15) is 31.2 Å². The van der Waals surface area contributed by atoms with Crippen molar-refractivity contribution in [2.45, 2.75) is 31.5 Å². The number of ether oxygens (including phenoxy) is 2. The van der Waals surface area contributed by atoms with Gasteiger partial charge in [-0.2, -0.15) is 0 Å². The molecule has 2 rings (SSSR count). The number of hydrogen-bond donors (Lipinski definition) is 4. The number of aliphatic hydroxyl groups is 2. The van der Waals surface area contributed by atoms with E-state index in [1.807, 2.05) is 0 Å². The zero-order chi connectivity index (χ0) is 17.1. The third kappa shape index (κ3) is 3.61. The molecule has 0 radical (unpaired) electrons. The second-order valence-corrected chi connectivity index (χ2v) is 4.74. The molecule has 1 aliphatic rings. The van der Waals surface area contributed by atoms with Gasteiger partial charge in [0.2, 0.25) is 11.6 Å². The molecule has 1 aromatic rings. The van der Waals surface area contributed by atoms with Gasteiger partial charge in [-0.05, 0) is 0 Å². The lowest BCUT2D eigenvalue weighted by molar-refractivity contribution is -0.383. The number of rotatable bonds is 5. The molecule has 1 fully saturated rings. The summed E-state index contributed by atoms with van der Waals surface area (Å²) in [7, 11) is 0. The van der Waals surface area contributed by atoms with Crippen molar-refractivity contribution in [3.8, 4) is 0 Å². The molecular formula is C11H15N5O7. The number of nitrogens with zero attached hydrogens (tertiary/aromatic N) is 3. The molecule has 0 unspecified atom stereocenters. The Morgan fingerprint density at radius 1 is 1.52 bits per heavy atom. The van der Waals surface area contributed by atoms with E-state index in [2.05, 4.69) is 15.3 Å². The Hall–Kier alpha value is -2.57. The molecule has 0 spiro atoms. The average Bonchev–Trinajstić information content (AvgIpc) is 2.73. The maximum Gasteiger partial charge on any atom is 0.353 e. The van der Waals surface area contributed by atoms with Gasteiger partial charge in [-0.25, -0.2) is 9.97 Å². The number of carbonyl (C=O) groups excluding carboxylic acids is 1. The van der Waals surface area contributed by atoms with Crippen LogP contribution in [0.1, 0.15) is 6.92 Å². The first kappa shape index (κ1) is 16.8. The maximum atomic E-state index is 11.0. The predicted octanol–water partition coefficient (Wildman–Crippen LogP) is -1.61. The number of nitrogens with two attached hydrogens (primary N) is 1. The molecule has 4 atom stereocenters. The molecule has 12 heteroatoms. The van der Waals surface area contributed by atoms with Crippen LogP contribution in [-0.4, -0.2) is 62.2 Å². The molecule has 12 nitrogen and oxygen atoms in total. The number of hydrogen-bond acceptors (Lipinski definition) is 11. The molecule has 1 saturated heterocycles. The number of aromatic nitrogens is 2. The van der Waals surface area contributed by atoms with Crippen molar-refractivity contribution in [2.24, 2.45) is 0 Å². The largest absolute Gasteiger partial charge is 0.463 e. The van der Waals surface area contributed by atoms with E-state index in [1.165, 1.54) is 6.92 Å². The fraction of sp³-hybridized carbons (Fsp3) is 0.545.